The third-order valence-electron chi connectivity index (χ3n) is 4.96. The normalized spacial score (nSPS) is 11.4. The fourth-order valence-corrected chi connectivity index (χ4v) is 3.59. The maximum Gasteiger partial charge on any atom is 0.329 e. The highest BCUT2D eigenvalue weighted by Crippen LogP contribution is 2.33. The molecule has 0 atom stereocenters. The van der Waals surface area contributed by atoms with Gasteiger partial charge in [0.1, 0.15) is 5.82 Å². The molecule has 2 amide bonds. The van der Waals surface area contributed by atoms with Crippen molar-refractivity contribution in [1.82, 2.24) is 19.1 Å². The summed E-state index contributed by atoms with van der Waals surface area (Å²) in [4.78, 5) is 31.4. The van der Waals surface area contributed by atoms with Crippen LogP contribution < -0.4 is 16.7 Å². The molecule has 0 saturated heterocycles. The Hall–Kier alpha value is -3.88. The number of halogens is 1. The summed E-state index contributed by atoms with van der Waals surface area (Å²) in [5, 5.41) is 2.43. The molecule has 30 heavy (non-hydrogen) atoms. The number of nitrogens with two attached hydrogens (primary N) is 1. The molecule has 0 aliphatic rings. The summed E-state index contributed by atoms with van der Waals surface area (Å²) in [5.41, 5.74) is 9.23. The van der Waals surface area contributed by atoms with Crippen molar-refractivity contribution in [2.24, 2.45) is 12.8 Å². The topological polar surface area (TPSA) is 111 Å². The first-order valence-corrected chi connectivity index (χ1v) is 9.40. The number of hydrogen-bond donors (Lipinski definition) is 3. The van der Waals surface area contributed by atoms with Gasteiger partial charge in [-0.1, -0.05) is 6.07 Å². The van der Waals surface area contributed by atoms with Crippen LogP contribution in [0.3, 0.4) is 0 Å². The quantitative estimate of drug-likeness (QED) is 0.480. The van der Waals surface area contributed by atoms with Gasteiger partial charge in [0.05, 0.1) is 22.4 Å². The number of aromatic amines is 1. The summed E-state index contributed by atoms with van der Waals surface area (Å²) in [5.74, 6) is -0.188. The van der Waals surface area contributed by atoms with Crippen molar-refractivity contribution in [3.05, 3.63) is 58.8 Å². The van der Waals surface area contributed by atoms with Gasteiger partial charge in [0.15, 0.2) is 0 Å². The summed E-state index contributed by atoms with van der Waals surface area (Å²) in [6.07, 6.45) is 0. The van der Waals surface area contributed by atoms with Crippen LogP contribution >= 0.6 is 0 Å². The fourth-order valence-electron chi connectivity index (χ4n) is 3.59. The molecule has 2 aromatic heterocycles. The first-order chi connectivity index (χ1) is 14.3. The number of hydrogen-bond acceptors (Lipinski definition) is 3. The summed E-state index contributed by atoms with van der Waals surface area (Å²) in [7, 11) is 1.72. The number of carbonyl (C=O) groups is 1. The Balaban J connectivity index is 1.92. The van der Waals surface area contributed by atoms with Gasteiger partial charge in [-0.15, -0.1) is 0 Å². The van der Waals surface area contributed by atoms with Crippen LogP contribution in [-0.4, -0.2) is 25.1 Å². The molecule has 0 saturated carbocycles. The number of rotatable bonds is 4. The average molecular weight is 408 g/mol. The lowest BCUT2D eigenvalue weighted by Gasteiger charge is -2.07. The number of carbonyl (C=O) groups excluding carboxylic acids is 1. The van der Waals surface area contributed by atoms with E-state index in [-0.39, 0.29) is 23.5 Å². The molecular formula is C21H21FN6O2. The number of amides is 2. The smallest absolute Gasteiger partial charge is 0.329 e. The van der Waals surface area contributed by atoms with E-state index in [0.29, 0.717) is 17.0 Å². The molecule has 154 valence electrons. The maximum absolute atomic E-state index is 13.4. The Bertz CT molecular complexity index is 1310. The van der Waals surface area contributed by atoms with E-state index in [1.54, 1.807) is 28.3 Å². The number of aryl methyl sites for hydroxylation is 1. The average Bonchev–Trinajstić information content (AvgIpc) is 3.21. The third kappa shape index (κ3) is 3.24. The Morgan fingerprint density at radius 1 is 1.13 bits per heavy atom. The number of nitrogens with zero attached hydrogens (tertiary/aromatic N) is 3. The molecule has 9 heteroatoms. The lowest BCUT2D eigenvalue weighted by Crippen LogP contribution is -2.23. The highest BCUT2D eigenvalue weighted by molar-refractivity contribution is 5.90. The molecule has 0 aliphatic heterocycles. The maximum atomic E-state index is 13.4. The van der Waals surface area contributed by atoms with Crippen molar-refractivity contribution in [1.29, 1.82) is 0 Å². The predicted octanol–water partition coefficient (Wildman–Crippen LogP) is 3.61. The fraction of sp³-hybridized carbons (Fsp3) is 0.190. The van der Waals surface area contributed by atoms with E-state index in [4.69, 9.17) is 5.73 Å². The summed E-state index contributed by atoms with van der Waals surface area (Å²) < 4.78 is 16.7. The van der Waals surface area contributed by atoms with E-state index in [9.17, 15) is 14.0 Å². The van der Waals surface area contributed by atoms with Crippen molar-refractivity contribution in [2.45, 2.75) is 19.9 Å². The van der Waals surface area contributed by atoms with Gasteiger partial charge in [0, 0.05) is 24.2 Å². The van der Waals surface area contributed by atoms with Gasteiger partial charge in [-0.2, -0.15) is 0 Å². The number of anilines is 1. The summed E-state index contributed by atoms with van der Waals surface area (Å²) in [6.45, 7) is 3.91. The predicted molar refractivity (Wildman–Crippen MR) is 114 cm³/mol. The molecule has 0 fully saturated rings. The summed E-state index contributed by atoms with van der Waals surface area (Å²) >= 11 is 0. The van der Waals surface area contributed by atoms with Gasteiger partial charge < -0.3 is 10.7 Å². The Morgan fingerprint density at radius 3 is 2.43 bits per heavy atom. The Labute approximate surface area is 171 Å². The van der Waals surface area contributed by atoms with E-state index in [1.165, 1.54) is 12.1 Å². The summed E-state index contributed by atoms with van der Waals surface area (Å²) in [6, 6.07) is 10.8. The van der Waals surface area contributed by atoms with Crippen LogP contribution in [0.2, 0.25) is 0 Å². The van der Waals surface area contributed by atoms with E-state index in [1.807, 2.05) is 32.0 Å². The number of imidazole rings is 2. The zero-order valence-corrected chi connectivity index (χ0v) is 16.7. The number of primary amides is 1. The number of urea groups is 1. The second-order valence-electron chi connectivity index (χ2n) is 7.31. The molecule has 4 rings (SSSR count). The van der Waals surface area contributed by atoms with Crippen molar-refractivity contribution in [3.63, 3.8) is 0 Å². The SMILES string of the molecule is CC(C)n1c(=O)n(C)c2cc(-c3nc(NC(N)=O)[nH]c3-c3ccc(F)cc3)ccc21. The van der Waals surface area contributed by atoms with Crippen LogP contribution in [0.5, 0.6) is 0 Å². The number of benzene rings is 2. The van der Waals surface area contributed by atoms with Gasteiger partial charge in [-0.05, 0) is 50.2 Å². The van der Waals surface area contributed by atoms with Gasteiger partial charge in [-0.25, -0.2) is 19.0 Å². The first kappa shape index (κ1) is 19.4. The van der Waals surface area contributed by atoms with Gasteiger partial charge in [-0.3, -0.25) is 14.5 Å². The zero-order chi connectivity index (χ0) is 21.6. The Kier molecular flexibility index (Phi) is 4.65. The number of nitrogens with one attached hydrogen (secondary N) is 2. The molecule has 8 nitrogen and oxygen atoms in total. The Morgan fingerprint density at radius 2 is 1.80 bits per heavy atom. The molecule has 2 heterocycles. The van der Waals surface area contributed by atoms with Crippen molar-refractivity contribution in [3.8, 4) is 22.5 Å². The van der Waals surface area contributed by atoms with Crippen molar-refractivity contribution < 1.29 is 9.18 Å². The van der Waals surface area contributed by atoms with E-state index < -0.39 is 6.03 Å². The van der Waals surface area contributed by atoms with Gasteiger partial charge in [0.2, 0.25) is 5.95 Å². The largest absolute Gasteiger partial charge is 0.351 e. The van der Waals surface area contributed by atoms with Gasteiger partial charge >= 0.3 is 11.7 Å². The number of aromatic nitrogens is 4. The van der Waals surface area contributed by atoms with Crippen LogP contribution in [0.1, 0.15) is 19.9 Å². The minimum absolute atomic E-state index is 0.0126. The van der Waals surface area contributed by atoms with Crippen molar-refractivity contribution >= 4 is 23.0 Å². The molecule has 0 spiro atoms. The molecule has 0 bridgehead atoms. The molecular weight excluding hydrogens is 387 g/mol. The van der Waals surface area contributed by atoms with Crippen LogP contribution in [0.4, 0.5) is 15.1 Å². The monoisotopic (exact) mass is 408 g/mol. The minimum Gasteiger partial charge on any atom is -0.351 e. The van der Waals surface area contributed by atoms with E-state index >= 15 is 0 Å². The number of H-pyrrole nitrogens is 1. The van der Waals surface area contributed by atoms with Gasteiger partial charge in [0.25, 0.3) is 0 Å². The molecule has 4 N–H and O–H groups in total. The highest BCUT2D eigenvalue weighted by atomic mass is 19.1. The second kappa shape index (κ2) is 7.18. The van der Waals surface area contributed by atoms with Crippen LogP contribution in [0.25, 0.3) is 33.5 Å². The van der Waals surface area contributed by atoms with Crippen molar-refractivity contribution in [2.75, 3.05) is 5.32 Å². The van der Waals surface area contributed by atoms with E-state index in [0.717, 1.165) is 16.6 Å². The highest BCUT2D eigenvalue weighted by Gasteiger charge is 2.18. The first-order valence-electron chi connectivity index (χ1n) is 9.40. The van der Waals surface area contributed by atoms with Crippen LogP contribution in [0, 0.1) is 5.82 Å². The lowest BCUT2D eigenvalue weighted by molar-refractivity contribution is 0.259. The molecule has 0 radical (unpaired) electrons. The molecule has 4 aromatic rings. The zero-order valence-electron chi connectivity index (χ0n) is 16.7. The van der Waals surface area contributed by atoms with Crippen LogP contribution in [0.15, 0.2) is 47.3 Å². The van der Waals surface area contributed by atoms with Crippen LogP contribution in [-0.2, 0) is 7.05 Å². The molecule has 2 aromatic carbocycles. The van der Waals surface area contributed by atoms with E-state index in [2.05, 4.69) is 15.3 Å². The number of fused-ring (bicyclic) bond motifs is 1. The molecule has 0 aliphatic carbocycles. The third-order valence-corrected chi connectivity index (χ3v) is 4.96. The second-order valence-corrected chi connectivity index (χ2v) is 7.31. The minimum atomic E-state index is -0.757. The molecule has 0 unspecified atom stereocenters. The standard InChI is InChI=1S/C21H21FN6O2/c1-11(2)28-15-9-6-13(10-16(15)27(3)21(28)30)18-17(12-4-7-14(22)8-5-12)24-20(25-18)26-19(23)29/h4-11H,1-3H3,(H4,23,24,25,26,29). The lowest BCUT2D eigenvalue weighted by atomic mass is 10.0.